The van der Waals surface area contributed by atoms with Gasteiger partial charge in [-0.2, -0.15) is 0 Å². The number of ether oxygens (including phenoxy) is 2. The minimum atomic E-state index is -4.95. The highest BCUT2D eigenvalue weighted by Gasteiger charge is 2.34. The fourth-order valence-corrected chi connectivity index (χ4v) is 1.85. The summed E-state index contributed by atoms with van der Waals surface area (Å²) in [4.78, 5) is 14.8. The van der Waals surface area contributed by atoms with E-state index >= 15 is 0 Å². The number of nitrogens with zero attached hydrogens (tertiary/aromatic N) is 1. The summed E-state index contributed by atoms with van der Waals surface area (Å²) >= 11 is 1.54. The number of carbonyl (C=O) groups is 1. The predicted octanol–water partition coefficient (Wildman–Crippen LogP) is 2.77. The van der Waals surface area contributed by atoms with Crippen LogP contribution in [0.4, 0.5) is 17.6 Å². The fourth-order valence-electron chi connectivity index (χ4n) is 1.27. The van der Waals surface area contributed by atoms with Gasteiger partial charge in [0.1, 0.15) is 6.67 Å². The Morgan fingerprint density at radius 1 is 1.47 bits per heavy atom. The van der Waals surface area contributed by atoms with Gasteiger partial charge in [-0.25, -0.2) is 4.39 Å². The van der Waals surface area contributed by atoms with Crippen molar-refractivity contribution in [3.63, 3.8) is 0 Å². The maximum Gasteiger partial charge on any atom is 0.573 e. The van der Waals surface area contributed by atoms with Crippen molar-refractivity contribution in [3.05, 3.63) is 21.0 Å². The van der Waals surface area contributed by atoms with E-state index in [2.05, 4.69) is 14.5 Å². The quantitative estimate of drug-likeness (QED) is 0.449. The molecule has 0 N–H and O–H groups in total. The Labute approximate surface area is 119 Å². The van der Waals surface area contributed by atoms with Crippen molar-refractivity contribution in [3.8, 4) is 5.75 Å². The van der Waals surface area contributed by atoms with E-state index in [1.807, 2.05) is 0 Å². The molecule has 1 heterocycles. The van der Waals surface area contributed by atoms with Crippen molar-refractivity contribution in [1.29, 1.82) is 0 Å². The van der Waals surface area contributed by atoms with Gasteiger partial charge in [-0.1, -0.05) is 0 Å². The molecule has 0 aromatic carbocycles. The molecule has 9 heteroatoms. The minimum Gasteiger partial charge on any atom is -0.469 e. The zero-order valence-corrected chi connectivity index (χ0v) is 11.7. The smallest absolute Gasteiger partial charge is 0.469 e. The van der Waals surface area contributed by atoms with E-state index in [1.165, 1.54) is 22.6 Å². The van der Waals surface area contributed by atoms with E-state index in [1.54, 1.807) is 0 Å². The lowest BCUT2D eigenvalue weighted by molar-refractivity contribution is -0.275. The molecule has 1 aromatic heterocycles. The van der Waals surface area contributed by atoms with Crippen LogP contribution in [-0.4, -0.2) is 24.4 Å². The zero-order valence-electron chi connectivity index (χ0n) is 9.55. The number of esters is 1. The molecule has 0 aliphatic carbocycles. The molecule has 0 spiro atoms. The van der Waals surface area contributed by atoms with Crippen molar-refractivity contribution in [2.24, 2.45) is 0 Å². The van der Waals surface area contributed by atoms with Crippen molar-refractivity contribution < 1.29 is 31.8 Å². The number of hydrogen-bond donors (Lipinski definition) is 0. The van der Waals surface area contributed by atoms with Gasteiger partial charge >= 0.3 is 12.3 Å². The monoisotopic (exact) mass is 393 g/mol. The molecule has 0 radical (unpaired) electrons. The van der Waals surface area contributed by atoms with E-state index in [0.717, 1.165) is 13.3 Å². The van der Waals surface area contributed by atoms with Crippen LogP contribution in [0.2, 0.25) is 0 Å². The van der Waals surface area contributed by atoms with Gasteiger partial charge in [0.25, 0.3) is 0 Å². The Morgan fingerprint density at radius 2 is 2.11 bits per heavy atom. The summed E-state index contributed by atoms with van der Waals surface area (Å²) in [6.07, 6.45) is -4.31. The van der Waals surface area contributed by atoms with Crippen molar-refractivity contribution >= 4 is 28.6 Å². The lowest BCUT2D eigenvalue weighted by Gasteiger charge is -2.15. The zero-order chi connectivity index (χ0) is 14.6. The first kappa shape index (κ1) is 15.9. The van der Waals surface area contributed by atoms with E-state index < -0.39 is 36.7 Å². The normalized spacial score (nSPS) is 11.3. The number of methoxy groups -OCH3 is 1. The molecule has 0 unspecified atom stereocenters. The van der Waals surface area contributed by atoms with E-state index in [4.69, 9.17) is 0 Å². The molecule has 0 fully saturated rings. The molecule has 0 saturated carbocycles. The molecule has 0 atom stereocenters. The summed E-state index contributed by atoms with van der Waals surface area (Å²) in [6, 6.07) is 0. The average Bonchev–Trinajstić information content (AvgIpc) is 2.31. The second-order valence-electron chi connectivity index (χ2n) is 3.29. The maximum absolute atomic E-state index is 12.9. The molecular formula is C10H8F4INO3. The second-order valence-corrected chi connectivity index (χ2v) is 4.46. The summed E-state index contributed by atoms with van der Waals surface area (Å²) in [5.74, 6) is -1.41. The molecular weight excluding hydrogens is 385 g/mol. The molecule has 0 bridgehead atoms. The molecule has 0 amide bonds. The first-order valence-electron chi connectivity index (χ1n) is 4.83. The highest BCUT2D eigenvalue weighted by Crippen LogP contribution is 2.33. The van der Waals surface area contributed by atoms with Crippen LogP contribution in [0, 0.1) is 3.57 Å². The number of rotatable bonds is 4. The molecule has 1 aromatic rings. The summed E-state index contributed by atoms with van der Waals surface area (Å²) in [5, 5.41) is 0. The predicted molar refractivity (Wildman–Crippen MR) is 64.2 cm³/mol. The summed E-state index contributed by atoms with van der Waals surface area (Å²) in [7, 11) is 1.11. The number of halogens is 5. The SMILES string of the molecule is COC(=O)Cc1ncc(I)c(OC(F)(F)F)c1CF. The van der Waals surface area contributed by atoms with Gasteiger partial charge in [-0.15, -0.1) is 13.2 Å². The van der Waals surface area contributed by atoms with Gasteiger partial charge < -0.3 is 9.47 Å². The van der Waals surface area contributed by atoms with Crippen molar-refractivity contribution in [2.75, 3.05) is 7.11 Å². The van der Waals surface area contributed by atoms with E-state index in [9.17, 15) is 22.4 Å². The minimum absolute atomic E-state index is 0.00353. The molecule has 1 rings (SSSR count). The highest BCUT2D eigenvalue weighted by molar-refractivity contribution is 14.1. The molecule has 0 saturated heterocycles. The first-order chi connectivity index (χ1) is 8.78. The Hall–Kier alpha value is -1.13. The van der Waals surface area contributed by atoms with Gasteiger partial charge in [-0.05, 0) is 22.6 Å². The van der Waals surface area contributed by atoms with E-state index in [0.29, 0.717) is 0 Å². The second kappa shape index (κ2) is 6.35. The van der Waals surface area contributed by atoms with Gasteiger partial charge in [0.2, 0.25) is 0 Å². The molecule has 19 heavy (non-hydrogen) atoms. The highest BCUT2D eigenvalue weighted by atomic mass is 127. The summed E-state index contributed by atoms with van der Waals surface area (Å²) in [6.45, 7) is -1.23. The van der Waals surface area contributed by atoms with Crippen LogP contribution in [-0.2, 0) is 22.6 Å². The van der Waals surface area contributed by atoms with Crippen molar-refractivity contribution in [1.82, 2.24) is 4.98 Å². The number of pyridine rings is 1. The van der Waals surface area contributed by atoms with Crippen LogP contribution in [0.15, 0.2) is 6.20 Å². The largest absolute Gasteiger partial charge is 0.573 e. The third kappa shape index (κ3) is 4.48. The van der Waals surface area contributed by atoms with Crippen LogP contribution in [0.1, 0.15) is 11.3 Å². The fraction of sp³-hybridized carbons (Fsp3) is 0.400. The van der Waals surface area contributed by atoms with Crippen LogP contribution in [0.3, 0.4) is 0 Å². The van der Waals surface area contributed by atoms with Gasteiger partial charge in [0, 0.05) is 11.8 Å². The number of hydrogen-bond acceptors (Lipinski definition) is 4. The molecule has 106 valence electrons. The maximum atomic E-state index is 12.9. The van der Waals surface area contributed by atoms with Crippen LogP contribution in [0.25, 0.3) is 0 Å². The average molecular weight is 393 g/mol. The van der Waals surface area contributed by atoms with Crippen LogP contribution < -0.4 is 4.74 Å². The molecule has 0 aliphatic rings. The summed E-state index contributed by atoms with van der Waals surface area (Å²) < 4.78 is 57.8. The van der Waals surface area contributed by atoms with Crippen LogP contribution >= 0.6 is 22.6 Å². The van der Waals surface area contributed by atoms with Crippen molar-refractivity contribution in [2.45, 2.75) is 19.5 Å². The topological polar surface area (TPSA) is 48.4 Å². The lowest BCUT2D eigenvalue weighted by atomic mass is 10.1. The first-order valence-corrected chi connectivity index (χ1v) is 5.91. The Morgan fingerprint density at radius 3 is 2.58 bits per heavy atom. The Bertz CT molecular complexity index is 479. The third-order valence-electron chi connectivity index (χ3n) is 2.06. The number of alkyl halides is 4. The number of aromatic nitrogens is 1. The standard InChI is InChI=1S/C10H8F4INO3/c1-18-8(17)2-7-5(3-11)9(6(15)4-16-7)19-10(12,13)14/h4H,2-3H2,1H3. The van der Waals surface area contributed by atoms with Gasteiger partial charge in [0.05, 0.1) is 22.8 Å². The lowest BCUT2D eigenvalue weighted by Crippen LogP contribution is -2.20. The summed E-state index contributed by atoms with van der Waals surface area (Å²) in [5.41, 5.74) is -0.552. The third-order valence-corrected chi connectivity index (χ3v) is 2.83. The molecule has 0 aliphatic heterocycles. The Kier molecular flexibility index (Phi) is 5.32. The van der Waals surface area contributed by atoms with Gasteiger partial charge in [-0.3, -0.25) is 9.78 Å². The van der Waals surface area contributed by atoms with Crippen LogP contribution in [0.5, 0.6) is 5.75 Å². The van der Waals surface area contributed by atoms with Gasteiger partial charge in [0.15, 0.2) is 5.75 Å². The number of carbonyl (C=O) groups excluding carboxylic acids is 1. The van der Waals surface area contributed by atoms with E-state index in [-0.39, 0.29) is 9.26 Å². The molecule has 4 nitrogen and oxygen atoms in total. The Balaban J connectivity index is 3.21.